The Kier molecular flexibility index (Phi) is 6.32. The van der Waals surface area contributed by atoms with E-state index < -0.39 is 10.0 Å². The van der Waals surface area contributed by atoms with Crippen LogP contribution in [0.2, 0.25) is 10.0 Å². The van der Waals surface area contributed by atoms with Crippen molar-refractivity contribution in [2.75, 3.05) is 24.5 Å². The quantitative estimate of drug-likeness (QED) is 0.627. The van der Waals surface area contributed by atoms with Gasteiger partial charge in [0.05, 0.1) is 15.7 Å². The molecule has 31 heavy (non-hydrogen) atoms. The molecule has 0 radical (unpaired) electrons. The number of nitrogens with zero attached hydrogens (tertiary/aromatic N) is 2. The first-order chi connectivity index (χ1) is 14.7. The molecule has 0 unspecified atom stereocenters. The van der Waals surface area contributed by atoms with Crippen LogP contribution in [0, 0.1) is 18.7 Å². The van der Waals surface area contributed by atoms with Crippen molar-refractivity contribution in [1.82, 2.24) is 4.31 Å². The number of rotatable bonds is 3. The van der Waals surface area contributed by atoms with Crippen LogP contribution in [0.1, 0.15) is 30.4 Å². The summed E-state index contributed by atoms with van der Waals surface area (Å²) in [4.78, 5) is 14.7. The van der Waals surface area contributed by atoms with Gasteiger partial charge >= 0.3 is 0 Å². The average Bonchev–Trinajstić information content (AvgIpc) is 2.72. The third-order valence-corrected chi connectivity index (χ3v) is 8.83. The van der Waals surface area contributed by atoms with Crippen molar-refractivity contribution in [3.63, 3.8) is 0 Å². The number of piperidine rings is 1. The van der Waals surface area contributed by atoms with E-state index in [1.807, 2.05) is 13.0 Å². The molecule has 2 aromatic rings. The van der Waals surface area contributed by atoms with Gasteiger partial charge in [0, 0.05) is 25.6 Å². The molecule has 166 valence electrons. The Bertz CT molecular complexity index is 1110. The van der Waals surface area contributed by atoms with E-state index in [0.717, 1.165) is 24.0 Å². The van der Waals surface area contributed by atoms with Crippen LogP contribution in [0.15, 0.2) is 35.2 Å². The number of amides is 1. The predicted octanol–water partition coefficient (Wildman–Crippen LogP) is 4.82. The van der Waals surface area contributed by atoms with Crippen molar-refractivity contribution in [2.24, 2.45) is 5.92 Å². The topological polar surface area (TPSA) is 57.7 Å². The third-order valence-electron chi connectivity index (χ3n) is 5.97. The van der Waals surface area contributed by atoms with Crippen molar-refractivity contribution < 1.29 is 17.6 Å². The molecule has 0 aliphatic carbocycles. The van der Waals surface area contributed by atoms with E-state index in [1.165, 1.54) is 22.5 Å². The van der Waals surface area contributed by atoms with Gasteiger partial charge in [-0.05, 0) is 61.9 Å². The smallest absolute Gasteiger partial charge is 0.246 e. The molecule has 0 aromatic heterocycles. The lowest BCUT2D eigenvalue weighted by Gasteiger charge is -2.36. The summed E-state index contributed by atoms with van der Waals surface area (Å²) in [5, 5.41) is 0.141. The molecule has 0 atom stereocenters. The summed E-state index contributed by atoms with van der Waals surface area (Å²) < 4.78 is 42.1. The molecule has 2 aliphatic heterocycles. The van der Waals surface area contributed by atoms with Gasteiger partial charge in [-0.15, -0.1) is 0 Å². The summed E-state index contributed by atoms with van der Waals surface area (Å²) in [5.74, 6) is -0.882. The second kappa shape index (κ2) is 8.70. The Labute approximate surface area is 191 Å². The van der Waals surface area contributed by atoms with Crippen LogP contribution >= 0.6 is 23.2 Å². The highest BCUT2D eigenvalue weighted by Crippen LogP contribution is 2.36. The second-order valence-corrected chi connectivity index (χ2v) is 10.8. The molecule has 5 nitrogen and oxygen atoms in total. The summed E-state index contributed by atoms with van der Waals surface area (Å²) >= 11 is 12.2. The molecule has 0 bridgehead atoms. The van der Waals surface area contributed by atoms with Crippen molar-refractivity contribution in [3.8, 4) is 0 Å². The Morgan fingerprint density at radius 3 is 2.39 bits per heavy atom. The number of carbonyl (C=O) groups excluding carboxylic acids is 1. The van der Waals surface area contributed by atoms with Crippen LogP contribution in [-0.4, -0.2) is 38.3 Å². The number of hydrogen-bond acceptors (Lipinski definition) is 3. The summed E-state index contributed by atoms with van der Waals surface area (Å²) in [6.45, 7) is 2.67. The molecule has 0 N–H and O–H groups in total. The summed E-state index contributed by atoms with van der Waals surface area (Å²) in [6, 6.07) is 7.94. The first kappa shape index (κ1) is 22.5. The molecule has 1 amide bonds. The van der Waals surface area contributed by atoms with Gasteiger partial charge in [0.25, 0.3) is 0 Å². The molecule has 1 fully saturated rings. The van der Waals surface area contributed by atoms with E-state index in [0.29, 0.717) is 25.1 Å². The van der Waals surface area contributed by atoms with Gasteiger partial charge in [0.1, 0.15) is 10.7 Å². The summed E-state index contributed by atoms with van der Waals surface area (Å²) in [5.41, 5.74) is 2.06. The largest absolute Gasteiger partial charge is 0.309 e. The lowest BCUT2D eigenvalue weighted by Crippen LogP contribution is -2.46. The minimum atomic E-state index is -3.87. The van der Waals surface area contributed by atoms with Crippen LogP contribution in [0.5, 0.6) is 0 Å². The van der Waals surface area contributed by atoms with Crippen LogP contribution in [0.25, 0.3) is 0 Å². The third kappa shape index (κ3) is 4.21. The number of anilines is 1. The van der Waals surface area contributed by atoms with Crippen molar-refractivity contribution >= 4 is 44.8 Å². The number of carbonyl (C=O) groups is 1. The van der Waals surface area contributed by atoms with Gasteiger partial charge in [-0.2, -0.15) is 4.31 Å². The monoisotopic (exact) mass is 484 g/mol. The zero-order valence-electron chi connectivity index (χ0n) is 17.1. The molecule has 0 spiro atoms. The lowest BCUT2D eigenvalue weighted by molar-refractivity contribution is -0.123. The molecular formula is C22H23Cl2FN2O3S. The molecular weight excluding hydrogens is 462 g/mol. The number of halogens is 3. The fourth-order valence-electron chi connectivity index (χ4n) is 4.48. The number of fused-ring (bicyclic) bond motifs is 1. The molecule has 1 saturated heterocycles. The van der Waals surface area contributed by atoms with Crippen LogP contribution < -0.4 is 4.90 Å². The number of benzene rings is 2. The van der Waals surface area contributed by atoms with Crippen molar-refractivity contribution in [3.05, 3.63) is 57.3 Å². The number of aryl methyl sites for hydroxylation is 2. The van der Waals surface area contributed by atoms with Crippen LogP contribution in [0.4, 0.5) is 10.1 Å². The standard InChI is InChI=1S/C22H23Cl2FN2O3S/c1-14-12-16-4-3-9-27(20(16)19(25)13-14)22(28)15-7-10-26(11-8-15)31(29,30)21-17(23)5-2-6-18(21)24/h2,5-6,12-13,15H,3-4,7-11H2,1H3. The van der Waals surface area contributed by atoms with Gasteiger partial charge < -0.3 is 4.90 Å². The van der Waals surface area contributed by atoms with Crippen LogP contribution in [0.3, 0.4) is 0 Å². The highest BCUT2D eigenvalue weighted by atomic mass is 35.5. The van der Waals surface area contributed by atoms with Gasteiger partial charge in [-0.25, -0.2) is 12.8 Å². The molecule has 4 rings (SSSR count). The SMILES string of the molecule is Cc1cc(F)c2c(c1)CCCN2C(=O)C1CCN(S(=O)(=O)c2c(Cl)cccc2Cl)CC1. The van der Waals surface area contributed by atoms with E-state index in [1.54, 1.807) is 11.0 Å². The van der Waals surface area contributed by atoms with E-state index >= 15 is 0 Å². The van der Waals surface area contributed by atoms with E-state index in [-0.39, 0.29) is 45.7 Å². The second-order valence-electron chi connectivity index (χ2n) is 8.08. The molecule has 2 aromatic carbocycles. The molecule has 2 aliphatic rings. The number of hydrogen-bond donors (Lipinski definition) is 0. The fraction of sp³-hybridized carbons (Fsp3) is 0.409. The van der Waals surface area contributed by atoms with E-state index in [9.17, 15) is 17.6 Å². The van der Waals surface area contributed by atoms with Crippen molar-refractivity contribution in [2.45, 2.75) is 37.5 Å². The zero-order chi connectivity index (χ0) is 22.3. The van der Waals surface area contributed by atoms with Gasteiger partial charge in [-0.1, -0.05) is 35.3 Å². The highest BCUT2D eigenvalue weighted by molar-refractivity contribution is 7.89. The first-order valence-corrected chi connectivity index (χ1v) is 12.4. The summed E-state index contributed by atoms with van der Waals surface area (Å²) in [7, 11) is -3.87. The molecule has 2 heterocycles. The normalized spacial score (nSPS) is 18.1. The Balaban J connectivity index is 1.51. The maximum absolute atomic E-state index is 14.7. The van der Waals surface area contributed by atoms with E-state index in [2.05, 4.69) is 0 Å². The lowest BCUT2D eigenvalue weighted by atomic mass is 9.93. The van der Waals surface area contributed by atoms with Gasteiger partial charge in [-0.3, -0.25) is 4.79 Å². The molecule has 0 saturated carbocycles. The predicted molar refractivity (Wildman–Crippen MR) is 120 cm³/mol. The Hall–Kier alpha value is -1.67. The maximum Gasteiger partial charge on any atom is 0.246 e. The highest BCUT2D eigenvalue weighted by Gasteiger charge is 2.37. The maximum atomic E-state index is 14.7. The summed E-state index contributed by atoms with van der Waals surface area (Å²) in [6.07, 6.45) is 2.24. The molecule has 9 heteroatoms. The Morgan fingerprint density at radius 2 is 1.74 bits per heavy atom. The minimum absolute atomic E-state index is 0.0707. The van der Waals surface area contributed by atoms with Gasteiger partial charge in [0.15, 0.2) is 0 Å². The fourth-order valence-corrected chi connectivity index (χ4v) is 7.04. The first-order valence-electron chi connectivity index (χ1n) is 10.2. The van der Waals surface area contributed by atoms with E-state index in [4.69, 9.17) is 23.2 Å². The minimum Gasteiger partial charge on any atom is -0.309 e. The van der Waals surface area contributed by atoms with Gasteiger partial charge in [0.2, 0.25) is 15.9 Å². The van der Waals surface area contributed by atoms with Crippen molar-refractivity contribution in [1.29, 1.82) is 0 Å². The Morgan fingerprint density at radius 1 is 1.10 bits per heavy atom. The zero-order valence-corrected chi connectivity index (χ0v) is 19.4. The number of sulfonamides is 1. The van der Waals surface area contributed by atoms with Crippen LogP contribution in [-0.2, 0) is 21.2 Å². The average molecular weight is 485 g/mol.